The molecule has 0 saturated carbocycles. The summed E-state index contributed by atoms with van der Waals surface area (Å²) in [4.78, 5) is 27.8. The molecule has 40 heavy (non-hydrogen) atoms. The molecule has 3 aromatic carbocycles. The minimum absolute atomic E-state index is 0.197. The zero-order valence-electron chi connectivity index (χ0n) is 23.9. The number of hydrogen-bond acceptors (Lipinski definition) is 6. The largest absolute Gasteiger partial charge is 0.460 e. The number of carbonyl (C=O) groups excluding carboxylic acids is 2. The van der Waals surface area contributed by atoms with Crippen LogP contribution in [0.4, 0.5) is 16.2 Å². The Labute approximate surface area is 237 Å². The number of anilines is 2. The molecule has 1 amide bonds. The molecule has 4 rings (SSSR count). The highest BCUT2D eigenvalue weighted by atomic mass is 16.6. The number of benzene rings is 3. The van der Waals surface area contributed by atoms with Gasteiger partial charge < -0.3 is 19.7 Å². The summed E-state index contributed by atoms with van der Waals surface area (Å²) in [5, 5.41) is 6.46. The Morgan fingerprint density at radius 3 is 2.30 bits per heavy atom. The van der Waals surface area contributed by atoms with Gasteiger partial charge in [-0.3, -0.25) is 10.1 Å². The molecule has 1 fully saturated rings. The number of nitrogens with zero attached hydrogens (tertiary/aromatic N) is 1. The minimum Gasteiger partial charge on any atom is -0.460 e. The van der Waals surface area contributed by atoms with Gasteiger partial charge in [0, 0.05) is 37.1 Å². The highest BCUT2D eigenvalue weighted by molar-refractivity contribution is 5.85. The molecule has 0 radical (unpaired) electrons. The van der Waals surface area contributed by atoms with Crippen LogP contribution in [-0.2, 0) is 20.9 Å². The maximum Gasteiger partial charge on any atom is 0.412 e. The summed E-state index contributed by atoms with van der Waals surface area (Å²) in [5.41, 5.74) is 3.03. The second kappa shape index (κ2) is 13.5. The molecular weight excluding hydrogens is 502 g/mol. The van der Waals surface area contributed by atoms with Gasteiger partial charge in [0.2, 0.25) is 0 Å². The normalized spacial score (nSPS) is 18.4. The second-order valence-corrected chi connectivity index (χ2v) is 11.5. The molecule has 212 valence electrons. The van der Waals surface area contributed by atoms with Gasteiger partial charge in [-0.2, -0.15) is 0 Å². The third-order valence-corrected chi connectivity index (χ3v) is 7.00. The van der Waals surface area contributed by atoms with Crippen molar-refractivity contribution < 1.29 is 19.1 Å². The number of rotatable bonds is 9. The Hall–Kier alpha value is -3.84. The first-order chi connectivity index (χ1) is 19.2. The van der Waals surface area contributed by atoms with E-state index in [4.69, 9.17) is 9.47 Å². The number of ether oxygens (including phenoxy) is 2. The molecule has 1 aliphatic heterocycles. The number of esters is 1. The summed E-state index contributed by atoms with van der Waals surface area (Å²) in [6, 6.07) is 27.7. The van der Waals surface area contributed by atoms with E-state index in [1.54, 1.807) is 0 Å². The molecule has 0 spiro atoms. The predicted molar refractivity (Wildman–Crippen MR) is 159 cm³/mol. The van der Waals surface area contributed by atoms with Crippen LogP contribution in [0.15, 0.2) is 84.9 Å². The minimum atomic E-state index is -0.554. The summed E-state index contributed by atoms with van der Waals surface area (Å²) < 4.78 is 11.1. The van der Waals surface area contributed by atoms with E-state index in [0.717, 1.165) is 36.3 Å². The molecule has 1 heterocycles. The van der Waals surface area contributed by atoms with Crippen molar-refractivity contribution in [2.24, 2.45) is 5.92 Å². The Kier molecular flexibility index (Phi) is 9.83. The maximum atomic E-state index is 13.3. The van der Waals surface area contributed by atoms with E-state index in [1.165, 1.54) is 0 Å². The van der Waals surface area contributed by atoms with Crippen molar-refractivity contribution in [2.45, 2.75) is 58.3 Å². The van der Waals surface area contributed by atoms with Crippen molar-refractivity contribution in [2.75, 3.05) is 30.3 Å². The molecule has 1 aliphatic rings. The van der Waals surface area contributed by atoms with Gasteiger partial charge in [0.25, 0.3) is 0 Å². The molecule has 0 bridgehead atoms. The molecule has 3 aromatic rings. The topological polar surface area (TPSA) is 79.9 Å². The first kappa shape index (κ1) is 29.2. The lowest BCUT2D eigenvalue weighted by molar-refractivity contribution is -0.147. The van der Waals surface area contributed by atoms with Gasteiger partial charge in [0.05, 0.1) is 5.92 Å². The van der Waals surface area contributed by atoms with Crippen molar-refractivity contribution in [3.8, 4) is 0 Å². The molecule has 3 atom stereocenters. The van der Waals surface area contributed by atoms with Crippen LogP contribution >= 0.6 is 0 Å². The first-order valence-corrected chi connectivity index (χ1v) is 14.0. The van der Waals surface area contributed by atoms with Crippen LogP contribution < -0.4 is 10.6 Å². The molecule has 7 nitrogen and oxygen atoms in total. The Morgan fingerprint density at radius 1 is 0.950 bits per heavy atom. The van der Waals surface area contributed by atoms with Gasteiger partial charge in [-0.1, -0.05) is 73.7 Å². The fraction of sp³-hybridized carbons (Fsp3) is 0.394. The number of piperidine rings is 1. The summed E-state index contributed by atoms with van der Waals surface area (Å²) in [7, 11) is 0. The highest BCUT2D eigenvalue weighted by Crippen LogP contribution is 2.27. The molecule has 1 unspecified atom stereocenters. The third kappa shape index (κ3) is 8.85. The van der Waals surface area contributed by atoms with Gasteiger partial charge in [-0.05, 0) is 62.4 Å². The van der Waals surface area contributed by atoms with Gasteiger partial charge in [0.1, 0.15) is 12.2 Å². The Bertz CT molecular complexity index is 1240. The fourth-order valence-corrected chi connectivity index (χ4v) is 5.02. The van der Waals surface area contributed by atoms with Gasteiger partial charge in [-0.25, -0.2) is 4.79 Å². The molecule has 0 aliphatic carbocycles. The lowest BCUT2D eigenvalue weighted by Crippen LogP contribution is -2.47. The average Bonchev–Trinajstić information content (AvgIpc) is 2.92. The number of nitrogens with one attached hydrogen (secondary N) is 2. The quantitative estimate of drug-likeness (QED) is 0.293. The molecule has 0 aromatic heterocycles. The SMILES string of the molecule is C[C@H]1CN(CC(C(=O)OCc2ccccc2)c2ccccc2)CC[C@H]1Nc1cccc(NC(=O)OC(C)(C)C)c1. The average molecular weight is 544 g/mol. The van der Waals surface area contributed by atoms with Crippen molar-refractivity contribution in [1.29, 1.82) is 0 Å². The van der Waals surface area contributed by atoms with E-state index in [2.05, 4.69) is 22.5 Å². The lowest BCUT2D eigenvalue weighted by atomic mass is 9.91. The maximum absolute atomic E-state index is 13.3. The van der Waals surface area contributed by atoms with E-state index < -0.39 is 11.7 Å². The van der Waals surface area contributed by atoms with Crippen LogP contribution in [-0.4, -0.2) is 48.2 Å². The van der Waals surface area contributed by atoms with E-state index >= 15 is 0 Å². The van der Waals surface area contributed by atoms with Gasteiger partial charge >= 0.3 is 12.1 Å². The van der Waals surface area contributed by atoms with Gasteiger partial charge in [0.15, 0.2) is 0 Å². The van der Waals surface area contributed by atoms with E-state index in [-0.39, 0.29) is 24.5 Å². The summed E-state index contributed by atoms with van der Waals surface area (Å²) in [6.07, 6.45) is 0.465. The standard InChI is InChI=1S/C33H41N3O4/c1-24-21-36(19-18-30(24)34-27-16-11-17-28(20-27)35-32(38)40-33(2,3)4)22-29(26-14-9-6-10-15-26)31(37)39-23-25-12-7-5-8-13-25/h5-17,20,24,29-30,34H,18-19,21-23H2,1-4H3,(H,35,38)/t24-,29?,30+/m0/s1. The monoisotopic (exact) mass is 543 g/mol. The molecule has 2 N–H and O–H groups in total. The Morgan fingerprint density at radius 2 is 1.62 bits per heavy atom. The van der Waals surface area contributed by atoms with Crippen molar-refractivity contribution in [1.82, 2.24) is 4.90 Å². The third-order valence-electron chi connectivity index (χ3n) is 7.00. The zero-order chi connectivity index (χ0) is 28.5. The first-order valence-electron chi connectivity index (χ1n) is 14.0. The van der Waals surface area contributed by atoms with Crippen molar-refractivity contribution in [3.05, 3.63) is 96.1 Å². The van der Waals surface area contributed by atoms with Crippen LogP contribution in [0.2, 0.25) is 0 Å². The summed E-state index contributed by atoms with van der Waals surface area (Å²) in [5.74, 6) is -0.192. The second-order valence-electron chi connectivity index (χ2n) is 11.5. The molecule has 7 heteroatoms. The lowest BCUT2D eigenvalue weighted by Gasteiger charge is -2.39. The van der Waals surface area contributed by atoms with Crippen LogP contribution in [0, 0.1) is 5.92 Å². The predicted octanol–water partition coefficient (Wildman–Crippen LogP) is 6.68. The number of hydrogen-bond donors (Lipinski definition) is 2. The molecular formula is C33H41N3O4. The molecule has 1 saturated heterocycles. The van der Waals surface area contributed by atoms with Crippen molar-refractivity contribution >= 4 is 23.4 Å². The van der Waals surface area contributed by atoms with Crippen LogP contribution in [0.25, 0.3) is 0 Å². The number of carbonyl (C=O) groups is 2. The van der Waals surface area contributed by atoms with Crippen LogP contribution in [0.1, 0.15) is 51.2 Å². The van der Waals surface area contributed by atoms with Gasteiger partial charge in [-0.15, -0.1) is 0 Å². The number of amides is 1. The smallest absolute Gasteiger partial charge is 0.412 e. The highest BCUT2D eigenvalue weighted by Gasteiger charge is 2.31. The number of likely N-dealkylation sites (tertiary alicyclic amines) is 1. The fourth-order valence-electron chi connectivity index (χ4n) is 5.02. The van der Waals surface area contributed by atoms with E-state index in [9.17, 15) is 9.59 Å². The van der Waals surface area contributed by atoms with Crippen LogP contribution in [0.5, 0.6) is 0 Å². The summed E-state index contributed by atoms with van der Waals surface area (Å²) in [6.45, 7) is 10.4. The van der Waals surface area contributed by atoms with Crippen molar-refractivity contribution in [3.63, 3.8) is 0 Å². The van der Waals surface area contributed by atoms with E-state index in [0.29, 0.717) is 18.2 Å². The summed E-state index contributed by atoms with van der Waals surface area (Å²) >= 11 is 0. The van der Waals surface area contributed by atoms with Crippen LogP contribution in [0.3, 0.4) is 0 Å². The zero-order valence-corrected chi connectivity index (χ0v) is 23.9. The Balaban J connectivity index is 1.34. The van der Waals surface area contributed by atoms with E-state index in [1.807, 2.05) is 106 Å².